The topological polar surface area (TPSA) is 73.0 Å². The number of amides is 2. The summed E-state index contributed by atoms with van der Waals surface area (Å²) < 4.78 is 28.4. The number of carbonyl (C=O) groups excluding carboxylic acids is 1. The molecule has 0 spiro atoms. The Morgan fingerprint density at radius 3 is 2.16 bits per heavy atom. The maximum atomic E-state index is 12.7. The number of rotatable bonds is 3. The molecule has 1 aromatic rings. The minimum atomic E-state index is -3.40. The van der Waals surface area contributed by atoms with E-state index in [1.165, 1.54) is 4.31 Å². The SMILES string of the molecule is O=C(Nc1ccc(Cl)cc1)N1CCCN(S(=O)(=O)N2CCCC2)CC1. The van der Waals surface area contributed by atoms with Crippen molar-refractivity contribution in [3.8, 4) is 0 Å². The predicted molar refractivity (Wildman–Crippen MR) is 98.0 cm³/mol. The molecule has 25 heavy (non-hydrogen) atoms. The van der Waals surface area contributed by atoms with Crippen LogP contribution in [0.2, 0.25) is 5.02 Å². The van der Waals surface area contributed by atoms with Crippen LogP contribution in [0.15, 0.2) is 24.3 Å². The summed E-state index contributed by atoms with van der Waals surface area (Å²) in [5.74, 6) is 0. The average molecular weight is 387 g/mol. The van der Waals surface area contributed by atoms with Gasteiger partial charge in [-0.05, 0) is 43.5 Å². The van der Waals surface area contributed by atoms with Crippen LogP contribution in [0, 0.1) is 0 Å². The lowest BCUT2D eigenvalue weighted by atomic mass is 10.3. The molecule has 2 saturated heterocycles. The van der Waals surface area contributed by atoms with Crippen LogP contribution in [-0.2, 0) is 10.2 Å². The van der Waals surface area contributed by atoms with Crippen LogP contribution in [0.3, 0.4) is 0 Å². The maximum absolute atomic E-state index is 12.7. The number of urea groups is 1. The molecule has 0 aromatic heterocycles. The first-order valence-electron chi connectivity index (χ1n) is 8.53. The molecular weight excluding hydrogens is 364 g/mol. The number of halogens is 1. The van der Waals surface area contributed by atoms with Crippen molar-refractivity contribution in [2.24, 2.45) is 0 Å². The summed E-state index contributed by atoms with van der Waals surface area (Å²) in [6.45, 7) is 2.88. The van der Waals surface area contributed by atoms with Gasteiger partial charge in [-0.1, -0.05) is 11.6 Å². The zero-order valence-electron chi connectivity index (χ0n) is 14.0. The van der Waals surface area contributed by atoms with Crippen molar-refractivity contribution in [1.82, 2.24) is 13.5 Å². The summed E-state index contributed by atoms with van der Waals surface area (Å²) in [5, 5.41) is 3.43. The third kappa shape index (κ3) is 4.44. The van der Waals surface area contributed by atoms with Gasteiger partial charge >= 0.3 is 6.03 Å². The molecule has 0 unspecified atom stereocenters. The molecule has 9 heteroatoms. The third-order valence-corrected chi connectivity index (χ3v) is 6.84. The normalized spacial score (nSPS) is 20.4. The van der Waals surface area contributed by atoms with Crippen LogP contribution >= 0.6 is 11.6 Å². The second-order valence-corrected chi connectivity index (χ2v) is 8.66. The zero-order chi connectivity index (χ0) is 17.9. The van der Waals surface area contributed by atoms with Crippen LogP contribution in [0.25, 0.3) is 0 Å². The highest BCUT2D eigenvalue weighted by Crippen LogP contribution is 2.19. The number of hydrogen-bond donors (Lipinski definition) is 1. The van der Waals surface area contributed by atoms with Gasteiger partial charge in [0, 0.05) is 50.0 Å². The summed E-state index contributed by atoms with van der Waals surface area (Å²) in [6.07, 6.45) is 2.46. The lowest BCUT2D eigenvalue weighted by molar-refractivity contribution is 0.214. The van der Waals surface area contributed by atoms with E-state index >= 15 is 0 Å². The van der Waals surface area contributed by atoms with Crippen LogP contribution in [0.5, 0.6) is 0 Å². The third-order valence-electron chi connectivity index (χ3n) is 4.56. The Kier molecular flexibility index (Phi) is 5.83. The van der Waals surface area contributed by atoms with E-state index in [1.54, 1.807) is 33.5 Å². The zero-order valence-corrected chi connectivity index (χ0v) is 15.6. The lowest BCUT2D eigenvalue weighted by Gasteiger charge is -2.26. The highest BCUT2D eigenvalue weighted by molar-refractivity contribution is 7.86. The number of hydrogen-bond acceptors (Lipinski definition) is 3. The molecule has 2 aliphatic rings. The Morgan fingerprint density at radius 2 is 1.48 bits per heavy atom. The first-order valence-corrected chi connectivity index (χ1v) is 10.3. The van der Waals surface area contributed by atoms with Crippen LogP contribution < -0.4 is 5.32 Å². The molecule has 7 nitrogen and oxygen atoms in total. The fraction of sp³-hybridized carbons (Fsp3) is 0.562. The van der Waals surface area contributed by atoms with Gasteiger partial charge in [-0.2, -0.15) is 17.0 Å². The second kappa shape index (κ2) is 7.90. The van der Waals surface area contributed by atoms with E-state index in [0.29, 0.717) is 56.4 Å². The first kappa shape index (κ1) is 18.4. The minimum absolute atomic E-state index is 0.220. The van der Waals surface area contributed by atoms with Gasteiger partial charge in [0.15, 0.2) is 0 Å². The van der Waals surface area contributed by atoms with Gasteiger partial charge in [0.05, 0.1) is 0 Å². The van der Waals surface area contributed by atoms with Crippen molar-refractivity contribution in [3.05, 3.63) is 29.3 Å². The smallest absolute Gasteiger partial charge is 0.321 e. The molecule has 1 aromatic carbocycles. The number of nitrogens with one attached hydrogen (secondary N) is 1. The van der Waals surface area contributed by atoms with Gasteiger partial charge in [0.25, 0.3) is 10.2 Å². The molecule has 3 rings (SSSR count). The molecule has 1 N–H and O–H groups in total. The van der Waals surface area contributed by atoms with E-state index in [4.69, 9.17) is 11.6 Å². The predicted octanol–water partition coefficient (Wildman–Crippen LogP) is 2.22. The van der Waals surface area contributed by atoms with Gasteiger partial charge in [0.1, 0.15) is 0 Å². The van der Waals surface area contributed by atoms with Crippen LogP contribution in [0.1, 0.15) is 19.3 Å². The molecule has 2 fully saturated rings. The highest BCUT2D eigenvalue weighted by atomic mass is 35.5. The van der Waals surface area contributed by atoms with Gasteiger partial charge < -0.3 is 10.2 Å². The van der Waals surface area contributed by atoms with Crippen molar-refractivity contribution in [1.29, 1.82) is 0 Å². The number of anilines is 1. The van der Waals surface area contributed by atoms with Crippen molar-refractivity contribution in [2.45, 2.75) is 19.3 Å². The fourth-order valence-electron chi connectivity index (χ4n) is 3.15. The molecule has 0 atom stereocenters. The van der Waals surface area contributed by atoms with Crippen LogP contribution in [0.4, 0.5) is 10.5 Å². The van der Waals surface area contributed by atoms with E-state index in [2.05, 4.69) is 5.32 Å². The second-order valence-electron chi connectivity index (χ2n) is 6.29. The van der Waals surface area contributed by atoms with Gasteiger partial charge in [0.2, 0.25) is 0 Å². The Morgan fingerprint density at radius 1 is 0.880 bits per heavy atom. The Labute approximate surface area is 153 Å². The lowest BCUT2D eigenvalue weighted by Crippen LogP contribution is -2.44. The summed E-state index contributed by atoms with van der Waals surface area (Å²) in [4.78, 5) is 14.1. The van der Waals surface area contributed by atoms with E-state index in [9.17, 15) is 13.2 Å². The molecule has 0 saturated carbocycles. The Balaban J connectivity index is 1.59. The highest BCUT2D eigenvalue weighted by Gasteiger charge is 2.33. The van der Waals surface area contributed by atoms with E-state index < -0.39 is 10.2 Å². The molecular formula is C16H23ClN4O3S. The number of carbonyl (C=O) groups is 1. The largest absolute Gasteiger partial charge is 0.323 e. The molecule has 2 aliphatic heterocycles. The van der Waals surface area contributed by atoms with Crippen molar-refractivity contribution < 1.29 is 13.2 Å². The Bertz CT molecular complexity index is 705. The van der Waals surface area contributed by atoms with Gasteiger partial charge in [-0.15, -0.1) is 0 Å². The van der Waals surface area contributed by atoms with E-state index in [-0.39, 0.29) is 6.03 Å². The molecule has 0 bridgehead atoms. The summed E-state index contributed by atoms with van der Waals surface area (Å²) >= 11 is 5.84. The van der Waals surface area contributed by atoms with E-state index in [0.717, 1.165) is 12.8 Å². The number of benzene rings is 1. The van der Waals surface area contributed by atoms with Crippen LogP contribution in [-0.4, -0.2) is 67.2 Å². The van der Waals surface area contributed by atoms with Gasteiger partial charge in [-0.3, -0.25) is 0 Å². The molecule has 2 heterocycles. The van der Waals surface area contributed by atoms with Crippen molar-refractivity contribution >= 4 is 33.5 Å². The Hall–Kier alpha value is -1.35. The summed E-state index contributed by atoms with van der Waals surface area (Å²) in [6, 6.07) is 6.68. The molecule has 0 radical (unpaired) electrons. The fourth-order valence-corrected chi connectivity index (χ4v) is 4.99. The van der Waals surface area contributed by atoms with E-state index in [1.807, 2.05) is 0 Å². The summed E-state index contributed by atoms with van der Waals surface area (Å²) in [7, 11) is -3.40. The molecule has 0 aliphatic carbocycles. The first-order chi connectivity index (χ1) is 12.0. The standard InChI is InChI=1S/C16H23ClN4O3S/c17-14-4-6-15(7-5-14)18-16(22)19-8-3-11-21(13-12-19)25(23,24)20-9-1-2-10-20/h4-7H,1-3,8-13H2,(H,18,22). The molecule has 138 valence electrons. The number of nitrogens with zero attached hydrogens (tertiary/aromatic N) is 3. The average Bonchev–Trinajstić information content (AvgIpc) is 3.02. The monoisotopic (exact) mass is 386 g/mol. The van der Waals surface area contributed by atoms with Gasteiger partial charge in [-0.25, -0.2) is 4.79 Å². The van der Waals surface area contributed by atoms with Crippen molar-refractivity contribution in [3.63, 3.8) is 0 Å². The molecule has 2 amide bonds. The minimum Gasteiger partial charge on any atom is -0.323 e. The maximum Gasteiger partial charge on any atom is 0.321 e. The van der Waals surface area contributed by atoms with Crippen molar-refractivity contribution in [2.75, 3.05) is 44.6 Å². The quantitative estimate of drug-likeness (QED) is 0.865. The summed E-state index contributed by atoms with van der Waals surface area (Å²) in [5.41, 5.74) is 0.667.